The van der Waals surface area contributed by atoms with Crippen molar-refractivity contribution in [3.05, 3.63) is 0 Å². The highest BCUT2D eigenvalue weighted by molar-refractivity contribution is 6.21. The summed E-state index contributed by atoms with van der Waals surface area (Å²) in [6, 6.07) is 0. The van der Waals surface area contributed by atoms with E-state index >= 15 is 0 Å². The van der Waals surface area contributed by atoms with Crippen molar-refractivity contribution < 1.29 is 35.9 Å². The van der Waals surface area contributed by atoms with Crippen LogP contribution in [0.5, 0.6) is 0 Å². The van der Waals surface area contributed by atoms with Gasteiger partial charge in [-0.15, -0.1) is 11.6 Å². The maximum atomic E-state index is 12.1. The summed E-state index contributed by atoms with van der Waals surface area (Å²) >= 11 is 5.46. The average Bonchev–Trinajstić information content (AvgIpc) is 2.10. The minimum Gasteiger partial charge on any atom is -0.383 e. The van der Waals surface area contributed by atoms with Gasteiger partial charge in [-0.1, -0.05) is 0 Å². The highest BCUT2D eigenvalue weighted by Crippen LogP contribution is 2.39. The summed E-state index contributed by atoms with van der Waals surface area (Å²) in [5.41, 5.74) is 0. The Morgan fingerprint density at radius 1 is 1.22 bits per heavy atom. The molecule has 1 N–H and O–H groups in total. The fourth-order valence-electron chi connectivity index (χ4n) is 1.04. The molecular weight excluding hydrogens is 292 g/mol. The molecule has 108 valence electrons. The number of rotatable bonds is 5. The lowest BCUT2D eigenvalue weighted by Gasteiger charge is -2.22. The van der Waals surface area contributed by atoms with Crippen LogP contribution in [-0.4, -0.2) is 43.9 Å². The molecule has 0 aromatic carbocycles. The summed E-state index contributed by atoms with van der Waals surface area (Å²) in [6.07, 6.45) is -11.4. The van der Waals surface area contributed by atoms with E-state index in [4.69, 9.17) is 11.6 Å². The van der Waals surface area contributed by atoms with Crippen LogP contribution in [0.3, 0.4) is 0 Å². The van der Waals surface area contributed by atoms with Gasteiger partial charge in [0.25, 0.3) is 0 Å². The summed E-state index contributed by atoms with van der Waals surface area (Å²) in [4.78, 5) is 10.9. The molecule has 18 heavy (non-hydrogen) atoms. The van der Waals surface area contributed by atoms with Gasteiger partial charge in [-0.25, -0.2) is 0 Å². The summed E-state index contributed by atoms with van der Waals surface area (Å²) in [7, 11) is 1.24. The molecule has 1 unspecified atom stereocenters. The number of hydrogen-bond acceptors (Lipinski definition) is 2. The molecule has 0 aromatic heterocycles. The van der Waals surface area contributed by atoms with Crippen molar-refractivity contribution in [3.8, 4) is 0 Å². The van der Waals surface area contributed by atoms with Crippen LogP contribution in [0.2, 0.25) is 0 Å². The van der Waals surface area contributed by atoms with Crippen molar-refractivity contribution >= 4 is 17.5 Å². The Bertz CT molecular complexity index is 266. The van der Waals surface area contributed by atoms with E-state index in [9.17, 15) is 31.1 Å². The lowest BCUT2D eigenvalue weighted by atomic mass is 10.1. The molecule has 0 aromatic rings. The average molecular weight is 302 g/mol. The largest absolute Gasteiger partial charge is 0.409 e. The molecule has 0 fully saturated rings. The topological polar surface area (TPSA) is 38.3 Å². The van der Waals surface area contributed by atoms with Gasteiger partial charge in [0.2, 0.25) is 11.8 Å². The minimum atomic E-state index is -5.70. The molecule has 0 bridgehead atoms. The molecule has 0 aliphatic rings. The van der Waals surface area contributed by atoms with Crippen molar-refractivity contribution in [2.75, 3.05) is 20.3 Å². The Labute approximate surface area is 103 Å². The van der Waals surface area contributed by atoms with Crippen molar-refractivity contribution in [2.45, 2.75) is 17.7 Å². The number of alkyl halides is 7. The minimum absolute atomic E-state index is 0.120. The standard InChI is InChI=1S/C8H10ClF6NO2/c1-18-3-4(9)2-16-6(17)5(7(10,11)12)8(13,14)15/h4-5H,2-3H2,1H3,(H,16,17). The first kappa shape index (κ1) is 17.3. The first-order valence-corrected chi connectivity index (χ1v) is 4.98. The first-order chi connectivity index (χ1) is 8.00. The molecule has 1 atom stereocenters. The van der Waals surface area contributed by atoms with Gasteiger partial charge in [0, 0.05) is 13.7 Å². The number of halogens is 7. The van der Waals surface area contributed by atoms with Crippen LogP contribution in [-0.2, 0) is 9.53 Å². The van der Waals surface area contributed by atoms with Crippen molar-refractivity contribution in [1.82, 2.24) is 5.32 Å². The second kappa shape index (κ2) is 6.46. The Hall–Kier alpha value is -0.700. The molecule has 0 radical (unpaired) electrons. The van der Waals surface area contributed by atoms with Crippen molar-refractivity contribution in [2.24, 2.45) is 5.92 Å². The van der Waals surface area contributed by atoms with E-state index < -0.39 is 36.1 Å². The zero-order valence-electron chi connectivity index (χ0n) is 9.03. The Kier molecular flexibility index (Phi) is 6.21. The lowest BCUT2D eigenvalue weighted by molar-refractivity contribution is -0.274. The zero-order valence-corrected chi connectivity index (χ0v) is 9.79. The maximum absolute atomic E-state index is 12.1. The third kappa shape index (κ3) is 5.76. The van der Waals surface area contributed by atoms with Crippen LogP contribution in [0.1, 0.15) is 0 Å². The lowest BCUT2D eigenvalue weighted by Crippen LogP contribution is -2.49. The van der Waals surface area contributed by atoms with Crippen LogP contribution in [0, 0.1) is 5.92 Å². The SMILES string of the molecule is COCC(Cl)CNC(=O)C(C(F)(F)F)C(F)(F)F. The predicted octanol–water partition coefficient (Wildman–Crippen LogP) is 2.10. The molecular formula is C8H10ClF6NO2. The van der Waals surface area contributed by atoms with Gasteiger partial charge in [-0.3, -0.25) is 4.79 Å². The predicted molar refractivity (Wildman–Crippen MR) is 50.1 cm³/mol. The Balaban J connectivity index is 4.61. The molecule has 0 spiro atoms. The van der Waals surface area contributed by atoms with Crippen molar-refractivity contribution in [3.63, 3.8) is 0 Å². The van der Waals surface area contributed by atoms with E-state index in [-0.39, 0.29) is 6.61 Å². The van der Waals surface area contributed by atoms with Crippen molar-refractivity contribution in [1.29, 1.82) is 0 Å². The maximum Gasteiger partial charge on any atom is 0.409 e. The molecule has 0 rings (SSSR count). The molecule has 0 saturated carbocycles. The van der Waals surface area contributed by atoms with Gasteiger partial charge in [0.05, 0.1) is 12.0 Å². The Morgan fingerprint density at radius 3 is 2.00 bits per heavy atom. The van der Waals surface area contributed by atoms with Crippen LogP contribution < -0.4 is 5.32 Å². The fourth-order valence-corrected chi connectivity index (χ4v) is 1.24. The molecule has 0 saturated heterocycles. The summed E-state index contributed by atoms with van der Waals surface area (Å²) in [5, 5.41) is 0.574. The zero-order chi connectivity index (χ0) is 14.6. The summed E-state index contributed by atoms with van der Waals surface area (Å²) in [6.45, 7) is -0.679. The van der Waals surface area contributed by atoms with Gasteiger partial charge >= 0.3 is 12.4 Å². The van der Waals surface area contributed by atoms with E-state index in [0.29, 0.717) is 0 Å². The summed E-state index contributed by atoms with van der Waals surface area (Å²) < 4.78 is 77.1. The normalized spacial score (nSPS) is 14.7. The van der Waals surface area contributed by atoms with E-state index in [1.165, 1.54) is 12.4 Å². The highest BCUT2D eigenvalue weighted by atomic mass is 35.5. The van der Waals surface area contributed by atoms with Gasteiger partial charge < -0.3 is 10.1 Å². The number of amides is 1. The second-order valence-corrected chi connectivity index (χ2v) is 3.93. The Morgan fingerprint density at radius 2 is 1.67 bits per heavy atom. The second-order valence-electron chi connectivity index (χ2n) is 3.31. The van der Waals surface area contributed by atoms with Crippen LogP contribution in [0.15, 0.2) is 0 Å². The fraction of sp³-hybridized carbons (Fsp3) is 0.875. The molecule has 0 heterocycles. The van der Waals surface area contributed by atoms with Gasteiger partial charge in [-0.05, 0) is 0 Å². The molecule has 3 nitrogen and oxygen atoms in total. The van der Waals surface area contributed by atoms with E-state index in [1.54, 1.807) is 0 Å². The van der Waals surface area contributed by atoms with Crippen LogP contribution >= 0.6 is 11.6 Å². The number of carbonyl (C=O) groups is 1. The first-order valence-electron chi connectivity index (χ1n) is 4.54. The highest BCUT2D eigenvalue weighted by Gasteiger charge is 2.61. The summed E-state index contributed by atoms with van der Waals surface area (Å²) in [5.74, 6) is -6.24. The number of nitrogens with one attached hydrogen (secondary N) is 1. The quantitative estimate of drug-likeness (QED) is 0.624. The smallest absolute Gasteiger partial charge is 0.383 e. The number of ether oxygens (including phenoxy) is 1. The molecule has 0 aliphatic heterocycles. The van der Waals surface area contributed by atoms with E-state index in [1.807, 2.05) is 0 Å². The molecule has 10 heteroatoms. The van der Waals surface area contributed by atoms with Gasteiger partial charge in [0.1, 0.15) is 0 Å². The third-order valence-electron chi connectivity index (χ3n) is 1.76. The third-order valence-corrected chi connectivity index (χ3v) is 2.04. The van der Waals surface area contributed by atoms with Crippen LogP contribution in [0.25, 0.3) is 0 Å². The molecule has 1 amide bonds. The molecule has 0 aliphatic carbocycles. The van der Waals surface area contributed by atoms with Gasteiger partial charge in [0.15, 0.2) is 0 Å². The van der Waals surface area contributed by atoms with Gasteiger partial charge in [-0.2, -0.15) is 26.3 Å². The number of hydrogen-bond donors (Lipinski definition) is 1. The van der Waals surface area contributed by atoms with Crippen LogP contribution in [0.4, 0.5) is 26.3 Å². The van der Waals surface area contributed by atoms with E-state index in [2.05, 4.69) is 4.74 Å². The number of methoxy groups -OCH3 is 1. The number of carbonyl (C=O) groups excluding carboxylic acids is 1. The monoisotopic (exact) mass is 301 g/mol. The van der Waals surface area contributed by atoms with E-state index in [0.717, 1.165) is 0 Å².